The van der Waals surface area contributed by atoms with Crippen LogP contribution in [0.5, 0.6) is 0 Å². The molecule has 0 bridgehead atoms. The van der Waals surface area contributed by atoms with Crippen molar-refractivity contribution in [3.8, 4) is 0 Å². The molecule has 2 nitrogen and oxygen atoms in total. The Morgan fingerprint density at radius 3 is 2.38 bits per heavy atom. The van der Waals surface area contributed by atoms with Crippen molar-refractivity contribution in [2.75, 3.05) is 0 Å². The summed E-state index contributed by atoms with van der Waals surface area (Å²) in [6, 6.07) is 10.0. The number of aliphatic hydroxyl groups is 1. The molecule has 0 spiro atoms. The van der Waals surface area contributed by atoms with Crippen LogP contribution in [0.1, 0.15) is 31.4 Å². The van der Waals surface area contributed by atoms with Gasteiger partial charge in [-0.15, -0.1) is 0 Å². The molecule has 0 saturated heterocycles. The largest absolute Gasteiger partial charge is 0.393 e. The van der Waals surface area contributed by atoms with Gasteiger partial charge in [-0.25, -0.2) is 0 Å². The Kier molecular flexibility index (Phi) is 3.93. The lowest BCUT2D eigenvalue weighted by Gasteiger charge is -2.12. The fraction of sp³-hybridized carbons (Fsp3) is 0.455. The summed E-state index contributed by atoms with van der Waals surface area (Å²) in [5.41, 5.74) is 7.07. The van der Waals surface area contributed by atoms with Gasteiger partial charge < -0.3 is 10.8 Å². The van der Waals surface area contributed by atoms with Crippen LogP contribution in [0.4, 0.5) is 0 Å². The Balaban J connectivity index is 2.44. The van der Waals surface area contributed by atoms with E-state index in [0.717, 1.165) is 18.4 Å². The van der Waals surface area contributed by atoms with Gasteiger partial charge in [-0.1, -0.05) is 30.3 Å². The second-order valence-electron chi connectivity index (χ2n) is 3.44. The lowest BCUT2D eigenvalue weighted by molar-refractivity contribution is 0.178. The minimum Gasteiger partial charge on any atom is -0.393 e. The van der Waals surface area contributed by atoms with Crippen LogP contribution in [-0.4, -0.2) is 11.2 Å². The summed E-state index contributed by atoms with van der Waals surface area (Å²) >= 11 is 0. The van der Waals surface area contributed by atoms with Crippen LogP contribution in [-0.2, 0) is 0 Å². The van der Waals surface area contributed by atoms with E-state index in [2.05, 4.69) is 0 Å². The maximum absolute atomic E-state index is 9.09. The van der Waals surface area contributed by atoms with E-state index in [1.807, 2.05) is 30.3 Å². The molecule has 0 radical (unpaired) electrons. The Hall–Kier alpha value is -0.860. The van der Waals surface area contributed by atoms with E-state index in [4.69, 9.17) is 10.8 Å². The van der Waals surface area contributed by atoms with Crippen molar-refractivity contribution >= 4 is 0 Å². The van der Waals surface area contributed by atoms with Crippen molar-refractivity contribution < 1.29 is 5.11 Å². The third-order valence-corrected chi connectivity index (χ3v) is 2.12. The van der Waals surface area contributed by atoms with Gasteiger partial charge in [-0.3, -0.25) is 0 Å². The second kappa shape index (κ2) is 5.00. The van der Waals surface area contributed by atoms with Gasteiger partial charge in [0.25, 0.3) is 0 Å². The molecule has 72 valence electrons. The summed E-state index contributed by atoms with van der Waals surface area (Å²) in [6.45, 7) is 1.79. The monoisotopic (exact) mass is 179 g/mol. The predicted molar refractivity (Wildman–Crippen MR) is 54.3 cm³/mol. The second-order valence-corrected chi connectivity index (χ2v) is 3.44. The highest BCUT2D eigenvalue weighted by molar-refractivity contribution is 5.18. The highest BCUT2D eigenvalue weighted by Crippen LogP contribution is 2.15. The van der Waals surface area contributed by atoms with Crippen molar-refractivity contribution in [2.24, 2.45) is 5.73 Å². The smallest absolute Gasteiger partial charge is 0.0512 e. The Morgan fingerprint density at radius 1 is 1.23 bits per heavy atom. The van der Waals surface area contributed by atoms with E-state index in [-0.39, 0.29) is 12.1 Å². The fourth-order valence-corrected chi connectivity index (χ4v) is 1.29. The molecule has 2 atom stereocenters. The molecule has 13 heavy (non-hydrogen) atoms. The lowest BCUT2D eigenvalue weighted by Crippen LogP contribution is -2.12. The number of hydrogen-bond donors (Lipinski definition) is 2. The molecular weight excluding hydrogens is 162 g/mol. The average molecular weight is 179 g/mol. The van der Waals surface area contributed by atoms with Gasteiger partial charge in [0.05, 0.1) is 6.10 Å². The van der Waals surface area contributed by atoms with Crippen molar-refractivity contribution in [1.82, 2.24) is 0 Å². The molecule has 0 aliphatic rings. The number of aliphatic hydroxyl groups excluding tert-OH is 1. The van der Waals surface area contributed by atoms with E-state index in [0.29, 0.717) is 0 Å². The minimum absolute atomic E-state index is 0.0517. The van der Waals surface area contributed by atoms with Crippen LogP contribution < -0.4 is 5.73 Å². The molecule has 0 fully saturated rings. The highest BCUT2D eigenvalue weighted by Gasteiger charge is 2.06. The normalized spacial score (nSPS) is 15.3. The predicted octanol–water partition coefficient (Wildman–Crippen LogP) is 1.85. The number of rotatable bonds is 4. The van der Waals surface area contributed by atoms with E-state index >= 15 is 0 Å². The van der Waals surface area contributed by atoms with Crippen LogP contribution >= 0.6 is 0 Å². The van der Waals surface area contributed by atoms with Gasteiger partial charge in [0, 0.05) is 6.04 Å². The third kappa shape index (κ3) is 3.57. The Morgan fingerprint density at radius 2 is 1.85 bits per heavy atom. The first-order chi connectivity index (χ1) is 6.20. The van der Waals surface area contributed by atoms with Gasteiger partial charge in [0.2, 0.25) is 0 Å². The van der Waals surface area contributed by atoms with Crippen molar-refractivity contribution in [3.63, 3.8) is 0 Å². The van der Waals surface area contributed by atoms with Crippen LogP contribution in [0.2, 0.25) is 0 Å². The van der Waals surface area contributed by atoms with Crippen LogP contribution in [0.15, 0.2) is 30.3 Å². The summed E-state index contributed by atoms with van der Waals surface area (Å²) in [6.07, 6.45) is 1.34. The average Bonchev–Trinajstić information content (AvgIpc) is 2.15. The molecule has 1 aromatic carbocycles. The van der Waals surface area contributed by atoms with Gasteiger partial charge >= 0.3 is 0 Å². The molecule has 0 amide bonds. The van der Waals surface area contributed by atoms with Crippen LogP contribution in [0.3, 0.4) is 0 Å². The van der Waals surface area contributed by atoms with Crippen molar-refractivity contribution in [1.29, 1.82) is 0 Å². The Labute approximate surface area is 79.4 Å². The zero-order chi connectivity index (χ0) is 9.68. The first-order valence-electron chi connectivity index (χ1n) is 4.68. The van der Waals surface area contributed by atoms with E-state index in [9.17, 15) is 0 Å². The van der Waals surface area contributed by atoms with Gasteiger partial charge in [-0.05, 0) is 25.3 Å². The van der Waals surface area contributed by atoms with E-state index < -0.39 is 0 Å². The molecule has 0 heterocycles. The molecule has 0 aliphatic carbocycles. The number of benzene rings is 1. The van der Waals surface area contributed by atoms with E-state index in [1.165, 1.54) is 0 Å². The van der Waals surface area contributed by atoms with Crippen LogP contribution in [0, 0.1) is 0 Å². The quantitative estimate of drug-likeness (QED) is 0.741. The first-order valence-corrected chi connectivity index (χ1v) is 4.68. The zero-order valence-corrected chi connectivity index (χ0v) is 7.98. The summed E-state index contributed by atoms with van der Waals surface area (Å²) in [4.78, 5) is 0. The SMILES string of the molecule is C[C@@H](O)CCC(N)c1ccccc1. The van der Waals surface area contributed by atoms with Gasteiger partial charge in [-0.2, -0.15) is 0 Å². The molecular formula is C11H17NO. The molecule has 0 aromatic heterocycles. The maximum atomic E-state index is 9.09. The van der Waals surface area contributed by atoms with Crippen molar-refractivity contribution in [2.45, 2.75) is 31.9 Å². The van der Waals surface area contributed by atoms with Gasteiger partial charge in [0.15, 0.2) is 0 Å². The summed E-state index contributed by atoms with van der Waals surface area (Å²) in [7, 11) is 0. The fourth-order valence-electron chi connectivity index (χ4n) is 1.29. The van der Waals surface area contributed by atoms with Gasteiger partial charge in [0.1, 0.15) is 0 Å². The lowest BCUT2D eigenvalue weighted by atomic mass is 10.0. The third-order valence-electron chi connectivity index (χ3n) is 2.12. The summed E-state index contributed by atoms with van der Waals surface area (Å²) in [5.74, 6) is 0. The molecule has 3 N–H and O–H groups in total. The van der Waals surface area contributed by atoms with E-state index in [1.54, 1.807) is 6.92 Å². The zero-order valence-electron chi connectivity index (χ0n) is 7.98. The van der Waals surface area contributed by atoms with Crippen molar-refractivity contribution in [3.05, 3.63) is 35.9 Å². The topological polar surface area (TPSA) is 46.2 Å². The standard InChI is InChI=1S/C11H17NO/c1-9(13)7-8-11(12)10-5-3-2-4-6-10/h2-6,9,11,13H,7-8,12H2,1H3/t9-,11?/m1/s1. The highest BCUT2D eigenvalue weighted by atomic mass is 16.3. The first kappa shape index (κ1) is 10.2. The minimum atomic E-state index is -0.255. The van der Waals surface area contributed by atoms with Crippen LogP contribution in [0.25, 0.3) is 0 Å². The summed E-state index contributed by atoms with van der Waals surface area (Å²) in [5, 5.41) is 9.09. The molecule has 1 aromatic rings. The number of hydrogen-bond acceptors (Lipinski definition) is 2. The summed E-state index contributed by atoms with van der Waals surface area (Å²) < 4.78 is 0. The molecule has 0 aliphatic heterocycles. The Bertz CT molecular complexity index is 233. The molecule has 1 rings (SSSR count). The maximum Gasteiger partial charge on any atom is 0.0512 e. The molecule has 0 saturated carbocycles. The number of nitrogens with two attached hydrogens (primary N) is 1. The molecule has 2 heteroatoms. The molecule has 1 unspecified atom stereocenters.